The normalized spacial score (nSPS) is 18.7. The van der Waals surface area contributed by atoms with Gasteiger partial charge in [-0.15, -0.1) is 0 Å². The van der Waals surface area contributed by atoms with Gasteiger partial charge in [0, 0.05) is 19.4 Å². The number of hydrogen-bond donors (Lipinski definition) is 1. The monoisotopic (exact) mass is 415 g/mol. The maximum atomic E-state index is 12.2. The van der Waals surface area contributed by atoms with Crippen LogP contribution in [0.5, 0.6) is 0 Å². The van der Waals surface area contributed by atoms with Gasteiger partial charge in [-0.05, 0) is 43.6 Å². The molecule has 5 heteroatoms. The van der Waals surface area contributed by atoms with Crippen LogP contribution in [0.1, 0.15) is 63.9 Å². The third-order valence-electron chi connectivity index (χ3n) is 5.98. The van der Waals surface area contributed by atoms with Gasteiger partial charge in [-0.1, -0.05) is 62.2 Å². The van der Waals surface area contributed by atoms with Crippen molar-refractivity contribution in [2.75, 3.05) is 13.7 Å². The third-order valence-corrected chi connectivity index (χ3v) is 5.98. The number of methoxy groups -OCH3 is 1. The summed E-state index contributed by atoms with van der Waals surface area (Å²) in [4.78, 5) is 25.3. The van der Waals surface area contributed by atoms with Crippen molar-refractivity contribution in [1.29, 1.82) is 0 Å². The SMILES string of the molecule is COC(=O)CCCCCCN1C(=O)CC[C@@H]1/C=C/[C@@H](O)[C@@H](C)CCc1ccccc1. The van der Waals surface area contributed by atoms with Gasteiger partial charge in [-0.25, -0.2) is 0 Å². The van der Waals surface area contributed by atoms with Gasteiger partial charge in [0.15, 0.2) is 0 Å². The summed E-state index contributed by atoms with van der Waals surface area (Å²) in [5.74, 6) is 0.208. The zero-order chi connectivity index (χ0) is 21.8. The summed E-state index contributed by atoms with van der Waals surface area (Å²) in [5.41, 5.74) is 1.29. The summed E-state index contributed by atoms with van der Waals surface area (Å²) < 4.78 is 4.65. The van der Waals surface area contributed by atoms with E-state index in [9.17, 15) is 14.7 Å². The number of likely N-dealkylation sites (tertiary alicyclic amines) is 1. The highest BCUT2D eigenvalue weighted by molar-refractivity contribution is 5.79. The maximum absolute atomic E-state index is 12.2. The first-order chi connectivity index (χ1) is 14.5. The number of nitrogens with zero attached hydrogens (tertiary/aromatic N) is 1. The zero-order valence-electron chi connectivity index (χ0n) is 18.5. The van der Waals surface area contributed by atoms with Gasteiger partial charge in [0.1, 0.15) is 0 Å². The molecule has 0 aromatic heterocycles. The van der Waals surface area contributed by atoms with E-state index in [1.165, 1.54) is 12.7 Å². The van der Waals surface area contributed by atoms with E-state index >= 15 is 0 Å². The lowest BCUT2D eigenvalue weighted by Gasteiger charge is -2.23. The number of aliphatic hydroxyl groups is 1. The molecule has 1 aromatic rings. The summed E-state index contributed by atoms with van der Waals surface area (Å²) in [6.45, 7) is 2.82. The lowest BCUT2D eigenvalue weighted by molar-refractivity contribution is -0.140. The molecule has 0 spiro atoms. The Morgan fingerprint density at radius 1 is 1.23 bits per heavy atom. The van der Waals surface area contributed by atoms with Crippen molar-refractivity contribution in [3.8, 4) is 0 Å². The van der Waals surface area contributed by atoms with E-state index in [4.69, 9.17) is 0 Å². The topological polar surface area (TPSA) is 66.8 Å². The number of carbonyl (C=O) groups is 2. The molecular formula is C25H37NO4. The number of esters is 1. The maximum Gasteiger partial charge on any atom is 0.305 e. The molecule has 1 N–H and O–H groups in total. The van der Waals surface area contributed by atoms with Crippen LogP contribution in [0.15, 0.2) is 42.5 Å². The van der Waals surface area contributed by atoms with Crippen LogP contribution >= 0.6 is 0 Å². The van der Waals surface area contributed by atoms with Crippen molar-refractivity contribution >= 4 is 11.9 Å². The van der Waals surface area contributed by atoms with Crippen molar-refractivity contribution in [3.63, 3.8) is 0 Å². The number of ether oxygens (including phenoxy) is 1. The van der Waals surface area contributed by atoms with Gasteiger partial charge in [0.2, 0.25) is 5.91 Å². The fourth-order valence-electron chi connectivity index (χ4n) is 3.90. The van der Waals surface area contributed by atoms with Gasteiger partial charge in [-0.2, -0.15) is 0 Å². The second kappa shape index (κ2) is 13.2. The molecular weight excluding hydrogens is 378 g/mol. The van der Waals surface area contributed by atoms with Crippen molar-refractivity contribution in [1.82, 2.24) is 4.90 Å². The van der Waals surface area contributed by atoms with Gasteiger partial charge in [-0.3, -0.25) is 9.59 Å². The number of aliphatic hydroxyl groups excluding tert-OH is 1. The van der Waals surface area contributed by atoms with Crippen molar-refractivity contribution in [2.24, 2.45) is 5.92 Å². The van der Waals surface area contributed by atoms with Gasteiger partial charge >= 0.3 is 5.97 Å². The summed E-state index contributed by atoms with van der Waals surface area (Å²) in [5, 5.41) is 10.5. The average Bonchev–Trinajstić information content (AvgIpc) is 3.12. The first kappa shape index (κ1) is 24.1. The van der Waals surface area contributed by atoms with Crippen molar-refractivity contribution in [2.45, 2.75) is 76.9 Å². The lowest BCUT2D eigenvalue weighted by Crippen LogP contribution is -2.33. The Labute approximate surface area is 181 Å². The Morgan fingerprint density at radius 3 is 2.70 bits per heavy atom. The molecule has 1 aliphatic rings. The van der Waals surface area contributed by atoms with E-state index in [-0.39, 0.29) is 23.8 Å². The van der Waals surface area contributed by atoms with Gasteiger partial charge < -0.3 is 14.7 Å². The Hall–Kier alpha value is -2.14. The quantitative estimate of drug-likeness (QED) is 0.297. The Balaban J connectivity index is 1.71. The second-order valence-corrected chi connectivity index (χ2v) is 8.31. The van der Waals surface area contributed by atoms with E-state index in [2.05, 4.69) is 23.8 Å². The summed E-state index contributed by atoms with van der Waals surface area (Å²) >= 11 is 0. The molecule has 1 heterocycles. The fraction of sp³-hybridized carbons (Fsp3) is 0.600. The zero-order valence-corrected chi connectivity index (χ0v) is 18.5. The van der Waals surface area contributed by atoms with Gasteiger partial charge in [0.05, 0.1) is 19.3 Å². The van der Waals surface area contributed by atoms with Crippen LogP contribution in [0.25, 0.3) is 0 Å². The molecule has 0 bridgehead atoms. The minimum atomic E-state index is -0.496. The molecule has 30 heavy (non-hydrogen) atoms. The number of unbranched alkanes of at least 4 members (excludes halogenated alkanes) is 3. The highest BCUT2D eigenvalue weighted by Crippen LogP contribution is 2.22. The average molecular weight is 416 g/mol. The Bertz CT molecular complexity index is 673. The lowest BCUT2D eigenvalue weighted by atomic mass is 9.95. The van der Waals surface area contributed by atoms with Crippen molar-refractivity contribution in [3.05, 3.63) is 48.0 Å². The number of rotatable bonds is 13. The minimum absolute atomic E-state index is 0.0866. The predicted molar refractivity (Wildman–Crippen MR) is 119 cm³/mol. The molecule has 0 saturated carbocycles. The van der Waals surface area contributed by atoms with E-state index in [0.717, 1.165) is 51.5 Å². The molecule has 0 unspecified atom stereocenters. The first-order valence-corrected chi connectivity index (χ1v) is 11.3. The van der Waals surface area contributed by atoms with Crippen LogP contribution in [0, 0.1) is 5.92 Å². The molecule has 3 atom stereocenters. The van der Waals surface area contributed by atoms with E-state index in [1.807, 2.05) is 35.3 Å². The third kappa shape index (κ3) is 8.31. The Kier molecular flexibility index (Phi) is 10.6. The number of amides is 1. The van der Waals surface area contributed by atoms with Crippen molar-refractivity contribution < 1.29 is 19.4 Å². The highest BCUT2D eigenvalue weighted by Gasteiger charge is 2.28. The minimum Gasteiger partial charge on any atom is -0.469 e. The van der Waals surface area contributed by atoms with Crippen LogP contribution in [-0.4, -0.2) is 47.7 Å². The number of hydrogen-bond acceptors (Lipinski definition) is 4. The molecule has 2 rings (SSSR count). The van der Waals surface area contributed by atoms with Crippen LogP contribution in [0.3, 0.4) is 0 Å². The first-order valence-electron chi connectivity index (χ1n) is 11.3. The standard InChI is InChI=1S/C25H37NO4/c1-20(13-14-21-10-6-5-7-11-21)23(27)17-15-22-16-18-24(28)26(22)19-9-4-3-8-12-25(29)30-2/h5-7,10-11,15,17,20,22-23,27H,3-4,8-9,12-14,16,18-19H2,1-2H3/b17-15+/t20-,22-,23+/m0/s1. The van der Waals surface area contributed by atoms with E-state index in [1.54, 1.807) is 0 Å². The predicted octanol–water partition coefficient (Wildman–Crippen LogP) is 4.29. The second-order valence-electron chi connectivity index (χ2n) is 8.31. The largest absolute Gasteiger partial charge is 0.469 e. The molecule has 1 fully saturated rings. The van der Waals surface area contributed by atoms with Crippen LogP contribution in [0.2, 0.25) is 0 Å². The molecule has 1 saturated heterocycles. The number of aryl methyl sites for hydroxylation is 1. The molecule has 0 aliphatic carbocycles. The fourth-order valence-corrected chi connectivity index (χ4v) is 3.90. The van der Waals surface area contributed by atoms with Crippen LogP contribution in [0.4, 0.5) is 0 Å². The highest BCUT2D eigenvalue weighted by atomic mass is 16.5. The Morgan fingerprint density at radius 2 is 1.97 bits per heavy atom. The summed E-state index contributed by atoms with van der Waals surface area (Å²) in [6, 6.07) is 10.4. The molecule has 5 nitrogen and oxygen atoms in total. The van der Waals surface area contributed by atoms with Crippen LogP contribution < -0.4 is 0 Å². The molecule has 1 amide bonds. The van der Waals surface area contributed by atoms with Gasteiger partial charge in [0.25, 0.3) is 0 Å². The summed E-state index contributed by atoms with van der Waals surface area (Å²) in [7, 11) is 1.41. The molecule has 1 aromatic carbocycles. The molecule has 0 radical (unpaired) electrons. The summed E-state index contributed by atoms with van der Waals surface area (Å²) in [6.07, 6.45) is 10.9. The number of carbonyl (C=O) groups excluding carboxylic acids is 2. The molecule has 166 valence electrons. The van der Waals surface area contributed by atoms with Crippen LogP contribution in [-0.2, 0) is 20.7 Å². The smallest absolute Gasteiger partial charge is 0.305 e. The molecule has 1 aliphatic heterocycles. The van der Waals surface area contributed by atoms with E-state index < -0.39 is 6.10 Å². The number of benzene rings is 1. The van der Waals surface area contributed by atoms with E-state index in [0.29, 0.717) is 12.8 Å².